The zero-order chi connectivity index (χ0) is 10.8. The number of aromatic amines is 1. The number of aromatic nitrogens is 1. The Morgan fingerprint density at radius 1 is 1.40 bits per heavy atom. The first-order valence-electron chi connectivity index (χ1n) is 4.22. The number of hydrogen-bond donors (Lipinski definition) is 1. The van der Waals surface area contributed by atoms with Gasteiger partial charge in [-0.1, -0.05) is 15.9 Å². The van der Waals surface area contributed by atoms with Crippen LogP contribution in [0.5, 0.6) is 5.75 Å². The Balaban J connectivity index is 2.63. The molecule has 5 heteroatoms. The Hall–Kier alpha value is -1.49. The van der Waals surface area contributed by atoms with Crippen molar-refractivity contribution in [2.75, 3.05) is 7.11 Å². The molecule has 0 spiro atoms. The fraction of sp³-hybridized carbons (Fsp3) is 0.100. The summed E-state index contributed by atoms with van der Waals surface area (Å²) in [5.41, 5.74) is 0.894. The molecule has 1 aromatic heterocycles. The minimum Gasteiger partial charge on any atom is -0.496 e. The van der Waals surface area contributed by atoms with Gasteiger partial charge in [0.1, 0.15) is 12.0 Å². The number of benzene rings is 1. The van der Waals surface area contributed by atoms with Crippen molar-refractivity contribution in [3.63, 3.8) is 0 Å². The van der Waals surface area contributed by atoms with Gasteiger partial charge in [0.25, 0.3) is 5.56 Å². The van der Waals surface area contributed by atoms with Gasteiger partial charge in [-0.3, -0.25) is 4.79 Å². The van der Waals surface area contributed by atoms with Crippen molar-refractivity contribution < 1.29 is 9.26 Å². The van der Waals surface area contributed by atoms with Gasteiger partial charge in [-0.2, -0.15) is 5.16 Å². The molecule has 4 nitrogen and oxygen atoms in total. The molecular formula is C10H8BrNO3. The van der Waals surface area contributed by atoms with Crippen LogP contribution in [0.3, 0.4) is 0 Å². The van der Waals surface area contributed by atoms with Gasteiger partial charge in [0.2, 0.25) is 0 Å². The molecule has 78 valence electrons. The second-order valence-corrected chi connectivity index (χ2v) is 3.84. The molecule has 1 heterocycles. The van der Waals surface area contributed by atoms with Crippen LogP contribution in [0.25, 0.3) is 11.1 Å². The zero-order valence-electron chi connectivity index (χ0n) is 7.91. The quantitative estimate of drug-likeness (QED) is 0.911. The Morgan fingerprint density at radius 3 is 2.80 bits per heavy atom. The number of rotatable bonds is 2. The van der Waals surface area contributed by atoms with Crippen LogP contribution in [0.15, 0.2) is 38.3 Å². The predicted octanol–water partition coefficient (Wildman–Crippen LogP) is 2.41. The first kappa shape index (κ1) is 10.0. The van der Waals surface area contributed by atoms with Gasteiger partial charge < -0.3 is 9.26 Å². The third-order valence-corrected chi connectivity index (χ3v) is 2.52. The van der Waals surface area contributed by atoms with E-state index in [0.717, 1.165) is 4.47 Å². The molecule has 0 atom stereocenters. The van der Waals surface area contributed by atoms with E-state index in [0.29, 0.717) is 16.9 Å². The average Bonchev–Trinajstić information content (AvgIpc) is 2.64. The highest BCUT2D eigenvalue weighted by Gasteiger charge is 2.11. The van der Waals surface area contributed by atoms with E-state index in [-0.39, 0.29) is 5.56 Å². The summed E-state index contributed by atoms with van der Waals surface area (Å²) in [4.78, 5) is 11.4. The molecule has 1 N–H and O–H groups in total. The molecule has 2 rings (SSSR count). The van der Waals surface area contributed by atoms with Crippen molar-refractivity contribution in [2.45, 2.75) is 0 Å². The Bertz CT molecular complexity index is 529. The van der Waals surface area contributed by atoms with Crippen molar-refractivity contribution in [3.05, 3.63) is 39.3 Å². The Morgan fingerprint density at radius 2 is 2.20 bits per heavy atom. The van der Waals surface area contributed by atoms with E-state index in [1.165, 1.54) is 6.26 Å². The van der Waals surface area contributed by atoms with Gasteiger partial charge in [0.15, 0.2) is 0 Å². The minimum atomic E-state index is -0.268. The van der Waals surface area contributed by atoms with Gasteiger partial charge >= 0.3 is 0 Å². The molecule has 0 unspecified atom stereocenters. The predicted molar refractivity (Wildman–Crippen MR) is 59.0 cm³/mol. The van der Waals surface area contributed by atoms with Gasteiger partial charge in [0.05, 0.1) is 12.7 Å². The number of hydrogen-bond acceptors (Lipinski definition) is 3. The normalized spacial score (nSPS) is 10.3. The molecule has 0 aliphatic carbocycles. The molecule has 0 amide bonds. The number of methoxy groups -OCH3 is 1. The summed E-state index contributed by atoms with van der Waals surface area (Å²) in [7, 11) is 1.56. The second kappa shape index (κ2) is 3.94. The number of halogens is 1. The number of ether oxygens (including phenoxy) is 1. The largest absolute Gasteiger partial charge is 0.496 e. The summed E-state index contributed by atoms with van der Waals surface area (Å²) in [5.74, 6) is 0.622. The molecule has 0 saturated heterocycles. The molecule has 2 aromatic rings. The van der Waals surface area contributed by atoms with E-state index < -0.39 is 0 Å². The van der Waals surface area contributed by atoms with Crippen molar-refractivity contribution in [1.82, 2.24) is 5.16 Å². The van der Waals surface area contributed by atoms with E-state index in [2.05, 4.69) is 21.1 Å². The first-order valence-corrected chi connectivity index (χ1v) is 5.02. The summed E-state index contributed by atoms with van der Waals surface area (Å²) < 4.78 is 10.8. The lowest BCUT2D eigenvalue weighted by Gasteiger charge is -2.05. The minimum absolute atomic E-state index is 0.268. The number of H-pyrrole nitrogens is 1. The Labute approximate surface area is 94.0 Å². The molecular weight excluding hydrogens is 262 g/mol. The van der Waals surface area contributed by atoms with Gasteiger partial charge in [0, 0.05) is 10.0 Å². The lowest BCUT2D eigenvalue weighted by molar-refractivity contribution is 0.412. The maximum atomic E-state index is 11.4. The standard InChI is InChI=1S/C10H8BrNO3/c1-14-9-4-6(11)2-3-7(9)8-5-15-12-10(8)13/h2-5H,1H3,(H,12,13). The highest BCUT2D eigenvalue weighted by molar-refractivity contribution is 9.10. The van der Waals surface area contributed by atoms with Crippen LogP contribution in [-0.4, -0.2) is 12.3 Å². The zero-order valence-corrected chi connectivity index (χ0v) is 9.50. The summed E-state index contributed by atoms with van der Waals surface area (Å²) in [6.45, 7) is 0. The molecule has 0 bridgehead atoms. The van der Waals surface area contributed by atoms with Crippen LogP contribution in [0.1, 0.15) is 0 Å². The maximum absolute atomic E-state index is 11.4. The second-order valence-electron chi connectivity index (χ2n) is 2.93. The fourth-order valence-electron chi connectivity index (χ4n) is 1.32. The smallest absolute Gasteiger partial charge is 0.287 e. The summed E-state index contributed by atoms with van der Waals surface area (Å²) in [6.07, 6.45) is 1.37. The van der Waals surface area contributed by atoms with Crippen LogP contribution in [0, 0.1) is 0 Å². The van der Waals surface area contributed by atoms with Crippen LogP contribution < -0.4 is 10.3 Å². The lowest BCUT2D eigenvalue weighted by atomic mass is 10.1. The summed E-state index contributed by atoms with van der Waals surface area (Å²) in [6, 6.07) is 5.43. The SMILES string of the molecule is COc1cc(Br)ccc1-c1co[nH]c1=O. The van der Waals surface area contributed by atoms with Crippen LogP contribution in [-0.2, 0) is 0 Å². The van der Waals surface area contributed by atoms with Crippen molar-refractivity contribution in [1.29, 1.82) is 0 Å². The molecule has 15 heavy (non-hydrogen) atoms. The number of nitrogens with one attached hydrogen (secondary N) is 1. The van der Waals surface area contributed by atoms with Crippen LogP contribution >= 0.6 is 15.9 Å². The van der Waals surface area contributed by atoms with Crippen molar-refractivity contribution >= 4 is 15.9 Å². The van der Waals surface area contributed by atoms with Gasteiger partial charge in [-0.25, -0.2) is 0 Å². The highest BCUT2D eigenvalue weighted by atomic mass is 79.9. The molecule has 1 aromatic carbocycles. The van der Waals surface area contributed by atoms with Gasteiger partial charge in [-0.15, -0.1) is 0 Å². The molecule has 0 saturated carbocycles. The third-order valence-electron chi connectivity index (χ3n) is 2.03. The topological polar surface area (TPSA) is 55.2 Å². The third kappa shape index (κ3) is 1.83. The maximum Gasteiger partial charge on any atom is 0.287 e. The lowest BCUT2D eigenvalue weighted by Crippen LogP contribution is -2.01. The van der Waals surface area contributed by atoms with Crippen molar-refractivity contribution in [3.8, 4) is 16.9 Å². The Kier molecular flexibility index (Phi) is 2.64. The van der Waals surface area contributed by atoms with Crippen molar-refractivity contribution in [2.24, 2.45) is 0 Å². The highest BCUT2D eigenvalue weighted by Crippen LogP contribution is 2.30. The molecule has 0 radical (unpaired) electrons. The fourth-order valence-corrected chi connectivity index (χ4v) is 1.66. The summed E-state index contributed by atoms with van der Waals surface area (Å²) in [5, 5.41) is 2.24. The average molecular weight is 270 g/mol. The molecule has 0 fully saturated rings. The van der Waals surface area contributed by atoms with E-state index in [4.69, 9.17) is 9.26 Å². The molecule has 0 aliphatic heterocycles. The van der Waals surface area contributed by atoms with Crippen LogP contribution in [0.4, 0.5) is 0 Å². The van der Waals surface area contributed by atoms with E-state index in [1.807, 2.05) is 6.07 Å². The summed E-state index contributed by atoms with van der Waals surface area (Å²) >= 11 is 3.33. The monoisotopic (exact) mass is 269 g/mol. The van der Waals surface area contributed by atoms with E-state index in [1.54, 1.807) is 19.2 Å². The molecule has 0 aliphatic rings. The van der Waals surface area contributed by atoms with Gasteiger partial charge in [-0.05, 0) is 18.2 Å². The first-order chi connectivity index (χ1) is 7.22. The van der Waals surface area contributed by atoms with E-state index in [9.17, 15) is 4.79 Å². The van der Waals surface area contributed by atoms with E-state index >= 15 is 0 Å². The van der Waals surface area contributed by atoms with Crippen LogP contribution in [0.2, 0.25) is 0 Å².